The molecular formula is C33H50N2O5. The van der Waals surface area contributed by atoms with Crippen LogP contribution in [0.3, 0.4) is 0 Å². The standard InChI is InChI=1S/C33H50N2O5/c1-26(2)10-9-19-35(25-32(38-4)39-5)31(37)16-23-40-22-15-27-13-14-30(36)29(24-27)33(17-20-34(3)21-18-33)28-11-7-6-8-12-28/h6-8,11-14,24,26,32,36H,9-10,15-23,25H2,1-5H3. The molecule has 0 radical (unpaired) electrons. The average Bonchev–Trinajstić information content (AvgIpc) is 2.96. The SMILES string of the molecule is COC(CN(CCCC(C)C)C(=O)CCOCCc1ccc(O)c(C2(c3ccccc3)CCN(C)CC2)c1)OC. The summed E-state index contributed by atoms with van der Waals surface area (Å²) >= 11 is 0. The molecule has 1 aliphatic rings. The Hall–Kier alpha value is -2.45. The maximum Gasteiger partial charge on any atom is 0.225 e. The Morgan fingerprint density at radius 1 is 1.05 bits per heavy atom. The molecule has 0 saturated carbocycles. The Labute approximate surface area is 241 Å². The lowest BCUT2D eigenvalue weighted by molar-refractivity contribution is -0.146. The molecule has 7 nitrogen and oxygen atoms in total. The highest BCUT2D eigenvalue weighted by molar-refractivity contribution is 5.76. The van der Waals surface area contributed by atoms with E-state index in [4.69, 9.17) is 14.2 Å². The molecule has 1 saturated heterocycles. The molecule has 1 fully saturated rings. The van der Waals surface area contributed by atoms with E-state index >= 15 is 0 Å². The largest absolute Gasteiger partial charge is 0.508 e. The van der Waals surface area contributed by atoms with E-state index in [1.54, 1.807) is 14.2 Å². The molecule has 0 spiro atoms. The summed E-state index contributed by atoms with van der Waals surface area (Å²) in [5.74, 6) is 1.01. The van der Waals surface area contributed by atoms with Crippen LogP contribution in [-0.4, -0.2) is 87.8 Å². The van der Waals surface area contributed by atoms with Crippen molar-refractivity contribution in [2.75, 3.05) is 60.7 Å². The van der Waals surface area contributed by atoms with Gasteiger partial charge < -0.3 is 29.1 Å². The minimum atomic E-state index is -0.434. The Morgan fingerprint density at radius 3 is 2.40 bits per heavy atom. The average molecular weight is 555 g/mol. The third-order valence-corrected chi connectivity index (χ3v) is 8.20. The Balaban J connectivity index is 1.58. The first-order valence-electron chi connectivity index (χ1n) is 14.8. The van der Waals surface area contributed by atoms with Crippen LogP contribution in [0.1, 0.15) is 62.6 Å². The number of methoxy groups -OCH3 is 2. The number of nitrogens with zero attached hydrogens (tertiary/aromatic N) is 2. The van der Waals surface area contributed by atoms with Crippen LogP contribution < -0.4 is 0 Å². The van der Waals surface area contributed by atoms with Crippen LogP contribution in [-0.2, 0) is 30.8 Å². The second kappa shape index (κ2) is 16.1. The van der Waals surface area contributed by atoms with Crippen molar-refractivity contribution in [1.29, 1.82) is 0 Å². The first-order chi connectivity index (χ1) is 19.3. The van der Waals surface area contributed by atoms with E-state index in [2.05, 4.69) is 56.1 Å². The highest BCUT2D eigenvalue weighted by atomic mass is 16.7. The molecule has 1 amide bonds. The number of ether oxygens (including phenoxy) is 3. The van der Waals surface area contributed by atoms with Crippen molar-refractivity contribution in [3.63, 3.8) is 0 Å². The normalized spacial score (nSPS) is 15.6. The van der Waals surface area contributed by atoms with Crippen LogP contribution in [0.5, 0.6) is 5.75 Å². The zero-order chi connectivity index (χ0) is 29.0. The van der Waals surface area contributed by atoms with E-state index in [-0.39, 0.29) is 11.3 Å². The van der Waals surface area contributed by atoms with Gasteiger partial charge in [0.1, 0.15) is 5.75 Å². The summed E-state index contributed by atoms with van der Waals surface area (Å²) < 4.78 is 16.6. The number of phenols is 1. The van der Waals surface area contributed by atoms with Crippen LogP contribution in [0.2, 0.25) is 0 Å². The molecule has 0 bridgehead atoms. The van der Waals surface area contributed by atoms with Gasteiger partial charge in [0.25, 0.3) is 0 Å². The molecule has 2 aromatic rings. The third-order valence-electron chi connectivity index (χ3n) is 8.20. The molecule has 7 heteroatoms. The summed E-state index contributed by atoms with van der Waals surface area (Å²) in [6.07, 6.45) is 4.56. The maximum absolute atomic E-state index is 13.0. The third kappa shape index (κ3) is 9.03. The van der Waals surface area contributed by atoms with Gasteiger partial charge in [-0.25, -0.2) is 0 Å². The second-order valence-corrected chi connectivity index (χ2v) is 11.5. The van der Waals surface area contributed by atoms with Crippen molar-refractivity contribution in [3.8, 4) is 5.75 Å². The molecule has 1 aliphatic heterocycles. The van der Waals surface area contributed by atoms with E-state index in [1.165, 1.54) is 5.56 Å². The van der Waals surface area contributed by atoms with Crippen molar-refractivity contribution < 1.29 is 24.1 Å². The number of phenolic OH excluding ortho intramolecular Hbond substituents is 1. The summed E-state index contributed by atoms with van der Waals surface area (Å²) in [6, 6.07) is 16.6. The number of rotatable bonds is 16. The van der Waals surface area contributed by atoms with Gasteiger partial charge in [0.2, 0.25) is 5.91 Å². The van der Waals surface area contributed by atoms with Crippen molar-refractivity contribution in [3.05, 3.63) is 65.2 Å². The first-order valence-corrected chi connectivity index (χ1v) is 14.8. The smallest absolute Gasteiger partial charge is 0.225 e. The summed E-state index contributed by atoms with van der Waals surface area (Å²) in [4.78, 5) is 17.2. The fourth-order valence-electron chi connectivity index (χ4n) is 5.64. The predicted octanol–water partition coefficient (Wildman–Crippen LogP) is 5.24. The Bertz CT molecular complexity index is 1020. The molecule has 0 aliphatic carbocycles. The molecule has 0 atom stereocenters. The van der Waals surface area contributed by atoms with E-state index in [0.29, 0.717) is 44.4 Å². The van der Waals surface area contributed by atoms with Gasteiger partial charge in [-0.3, -0.25) is 4.79 Å². The van der Waals surface area contributed by atoms with Crippen molar-refractivity contribution in [2.24, 2.45) is 5.92 Å². The van der Waals surface area contributed by atoms with Gasteiger partial charge in [-0.1, -0.05) is 56.3 Å². The highest BCUT2D eigenvalue weighted by Crippen LogP contribution is 2.45. The van der Waals surface area contributed by atoms with Crippen molar-refractivity contribution in [2.45, 2.75) is 64.1 Å². The summed E-state index contributed by atoms with van der Waals surface area (Å²) in [6.45, 7) is 8.35. The van der Waals surface area contributed by atoms with Gasteiger partial charge >= 0.3 is 0 Å². The number of likely N-dealkylation sites (tertiary alicyclic amines) is 1. The Morgan fingerprint density at radius 2 is 1.75 bits per heavy atom. The van der Waals surface area contributed by atoms with Gasteiger partial charge in [-0.15, -0.1) is 0 Å². The number of hydrogen-bond donors (Lipinski definition) is 1. The van der Waals surface area contributed by atoms with Crippen molar-refractivity contribution >= 4 is 5.91 Å². The highest BCUT2D eigenvalue weighted by Gasteiger charge is 2.39. The molecule has 40 heavy (non-hydrogen) atoms. The number of carbonyl (C=O) groups is 1. The number of aromatic hydroxyl groups is 1. The van der Waals surface area contributed by atoms with Crippen LogP contribution in [0.15, 0.2) is 48.5 Å². The second-order valence-electron chi connectivity index (χ2n) is 11.5. The van der Waals surface area contributed by atoms with Crippen LogP contribution >= 0.6 is 0 Å². The Kier molecular flexibility index (Phi) is 12.9. The summed E-state index contributed by atoms with van der Waals surface area (Å²) in [5, 5.41) is 11.0. The monoisotopic (exact) mass is 554 g/mol. The summed E-state index contributed by atoms with van der Waals surface area (Å²) in [7, 11) is 5.35. The van der Waals surface area contributed by atoms with Crippen LogP contribution in [0.25, 0.3) is 0 Å². The fourth-order valence-corrected chi connectivity index (χ4v) is 5.64. The molecule has 3 rings (SSSR count). The fraction of sp³-hybridized carbons (Fsp3) is 0.606. The molecule has 222 valence electrons. The molecule has 0 aromatic heterocycles. The van der Waals surface area contributed by atoms with E-state index in [1.807, 2.05) is 23.1 Å². The molecule has 1 N–H and O–H groups in total. The van der Waals surface area contributed by atoms with Gasteiger partial charge in [-0.05, 0) is 75.4 Å². The van der Waals surface area contributed by atoms with E-state index < -0.39 is 6.29 Å². The number of hydrogen-bond acceptors (Lipinski definition) is 6. The number of amides is 1. The lowest BCUT2D eigenvalue weighted by Gasteiger charge is -2.42. The number of carbonyl (C=O) groups excluding carboxylic acids is 1. The molecule has 2 aromatic carbocycles. The first kappa shape index (κ1) is 32.1. The van der Waals surface area contributed by atoms with Gasteiger partial charge in [0, 0.05) is 31.7 Å². The molecule has 1 heterocycles. The zero-order valence-electron chi connectivity index (χ0n) is 25.2. The van der Waals surface area contributed by atoms with Crippen LogP contribution in [0.4, 0.5) is 0 Å². The van der Waals surface area contributed by atoms with E-state index in [9.17, 15) is 9.90 Å². The minimum Gasteiger partial charge on any atom is -0.508 e. The summed E-state index contributed by atoms with van der Waals surface area (Å²) in [5.41, 5.74) is 3.18. The van der Waals surface area contributed by atoms with Crippen molar-refractivity contribution in [1.82, 2.24) is 9.80 Å². The lowest BCUT2D eigenvalue weighted by Crippen LogP contribution is -2.41. The van der Waals surface area contributed by atoms with Gasteiger partial charge in [0.15, 0.2) is 6.29 Å². The minimum absolute atomic E-state index is 0.0573. The zero-order valence-corrected chi connectivity index (χ0v) is 25.2. The topological polar surface area (TPSA) is 71.5 Å². The molecule has 0 unspecified atom stereocenters. The van der Waals surface area contributed by atoms with Crippen LogP contribution in [0, 0.1) is 5.92 Å². The van der Waals surface area contributed by atoms with E-state index in [0.717, 1.165) is 56.3 Å². The molecular weight excluding hydrogens is 504 g/mol. The number of benzene rings is 2. The number of piperidine rings is 1. The van der Waals surface area contributed by atoms with Gasteiger partial charge in [-0.2, -0.15) is 0 Å². The quantitative estimate of drug-likeness (QED) is 0.226. The predicted molar refractivity (Wildman–Crippen MR) is 160 cm³/mol. The maximum atomic E-state index is 13.0. The lowest BCUT2D eigenvalue weighted by atomic mass is 9.67. The van der Waals surface area contributed by atoms with Gasteiger partial charge in [0.05, 0.1) is 26.2 Å².